The van der Waals surface area contributed by atoms with E-state index < -0.39 is 5.97 Å². The number of esters is 1. The second-order valence-corrected chi connectivity index (χ2v) is 2.95. The van der Waals surface area contributed by atoms with Crippen LogP contribution in [0.25, 0.3) is 11.1 Å². The Morgan fingerprint density at radius 2 is 2.40 bits per heavy atom. The fourth-order valence-corrected chi connectivity index (χ4v) is 1.30. The van der Waals surface area contributed by atoms with E-state index in [1.165, 1.54) is 6.33 Å². The highest BCUT2D eigenvalue weighted by Gasteiger charge is 2.20. The number of aromatic nitrogens is 3. The van der Waals surface area contributed by atoms with Crippen molar-refractivity contribution in [3.63, 3.8) is 0 Å². The Morgan fingerprint density at radius 1 is 1.60 bits per heavy atom. The first kappa shape index (κ1) is 9.85. The van der Waals surface area contributed by atoms with Crippen molar-refractivity contribution in [3.05, 3.63) is 17.2 Å². The van der Waals surface area contributed by atoms with Crippen LogP contribution in [0.1, 0.15) is 17.4 Å². The van der Waals surface area contributed by atoms with E-state index in [1.54, 1.807) is 6.92 Å². The highest BCUT2D eigenvalue weighted by Crippen LogP contribution is 2.23. The van der Waals surface area contributed by atoms with Gasteiger partial charge in [0.25, 0.3) is 5.71 Å². The Balaban J connectivity index is 2.57. The predicted molar refractivity (Wildman–Crippen MR) is 50.6 cm³/mol. The minimum atomic E-state index is -0.604. The molecule has 2 rings (SSSR count). The molecule has 0 N–H and O–H groups in total. The third kappa shape index (κ3) is 1.63. The van der Waals surface area contributed by atoms with Crippen LogP contribution in [0.2, 0.25) is 5.15 Å². The van der Waals surface area contributed by atoms with E-state index in [1.807, 2.05) is 0 Å². The average Bonchev–Trinajstić information content (AvgIpc) is 2.63. The second kappa shape index (κ2) is 3.82. The first-order valence-electron chi connectivity index (χ1n) is 4.17. The van der Waals surface area contributed by atoms with Gasteiger partial charge < -0.3 is 9.26 Å². The van der Waals surface area contributed by atoms with Gasteiger partial charge in [0.1, 0.15) is 16.9 Å². The zero-order valence-corrected chi connectivity index (χ0v) is 8.48. The highest BCUT2D eigenvalue weighted by atomic mass is 35.5. The molecule has 0 saturated carbocycles. The molecule has 0 bridgehead atoms. The van der Waals surface area contributed by atoms with Crippen molar-refractivity contribution < 1.29 is 14.1 Å². The number of hydrogen-bond donors (Lipinski definition) is 0. The van der Waals surface area contributed by atoms with Gasteiger partial charge in [-0.15, -0.1) is 0 Å². The van der Waals surface area contributed by atoms with Crippen LogP contribution in [-0.2, 0) is 4.74 Å². The SMILES string of the molecule is CCOC(=O)c1noc2ncnc(Cl)c12. The Morgan fingerprint density at radius 3 is 3.13 bits per heavy atom. The Labute approximate surface area is 89.2 Å². The number of carbonyl (C=O) groups is 1. The van der Waals surface area contributed by atoms with Crippen LogP contribution in [-0.4, -0.2) is 27.7 Å². The summed E-state index contributed by atoms with van der Waals surface area (Å²) in [5.74, 6) is -0.604. The van der Waals surface area contributed by atoms with Crippen LogP contribution in [0.15, 0.2) is 10.9 Å². The first-order valence-corrected chi connectivity index (χ1v) is 4.54. The van der Waals surface area contributed by atoms with Crippen LogP contribution in [0.4, 0.5) is 0 Å². The molecular formula is C8H6ClN3O3. The van der Waals surface area contributed by atoms with Gasteiger partial charge in [-0.05, 0) is 6.92 Å². The molecule has 2 aromatic heterocycles. The van der Waals surface area contributed by atoms with Crippen molar-refractivity contribution in [2.75, 3.05) is 6.61 Å². The lowest BCUT2D eigenvalue weighted by molar-refractivity contribution is 0.0517. The average molecular weight is 228 g/mol. The molecule has 0 saturated heterocycles. The van der Waals surface area contributed by atoms with Crippen molar-refractivity contribution in [2.24, 2.45) is 0 Å². The molecule has 0 radical (unpaired) electrons. The van der Waals surface area contributed by atoms with Crippen molar-refractivity contribution in [1.82, 2.24) is 15.1 Å². The summed E-state index contributed by atoms with van der Waals surface area (Å²) >= 11 is 5.79. The second-order valence-electron chi connectivity index (χ2n) is 2.60. The van der Waals surface area contributed by atoms with E-state index in [2.05, 4.69) is 15.1 Å². The smallest absolute Gasteiger partial charge is 0.361 e. The molecule has 0 atom stereocenters. The van der Waals surface area contributed by atoms with E-state index in [0.717, 1.165) is 0 Å². The molecule has 0 fully saturated rings. The molecule has 78 valence electrons. The number of carbonyl (C=O) groups excluding carboxylic acids is 1. The van der Waals surface area contributed by atoms with Gasteiger partial charge in [-0.3, -0.25) is 0 Å². The third-order valence-corrected chi connectivity index (χ3v) is 1.98. The largest absolute Gasteiger partial charge is 0.461 e. The van der Waals surface area contributed by atoms with E-state index >= 15 is 0 Å². The molecule has 2 aromatic rings. The molecule has 6 nitrogen and oxygen atoms in total. The minimum Gasteiger partial charge on any atom is -0.461 e. The van der Waals surface area contributed by atoms with Crippen molar-refractivity contribution in [2.45, 2.75) is 6.92 Å². The number of ether oxygens (including phenoxy) is 1. The molecule has 0 unspecified atom stereocenters. The normalized spacial score (nSPS) is 10.5. The number of hydrogen-bond acceptors (Lipinski definition) is 6. The molecule has 0 aromatic carbocycles. The Kier molecular flexibility index (Phi) is 2.51. The van der Waals surface area contributed by atoms with E-state index in [9.17, 15) is 4.79 Å². The maximum Gasteiger partial charge on any atom is 0.361 e. The topological polar surface area (TPSA) is 78.1 Å². The fourth-order valence-electron chi connectivity index (χ4n) is 1.09. The summed E-state index contributed by atoms with van der Waals surface area (Å²) in [5.41, 5.74) is 0.163. The lowest BCUT2D eigenvalue weighted by Gasteiger charge is -1.96. The zero-order chi connectivity index (χ0) is 10.8. The Bertz CT molecular complexity index is 511. The van der Waals surface area contributed by atoms with Crippen LogP contribution in [0.5, 0.6) is 0 Å². The highest BCUT2D eigenvalue weighted by molar-refractivity contribution is 6.34. The van der Waals surface area contributed by atoms with E-state index in [4.69, 9.17) is 20.9 Å². The third-order valence-electron chi connectivity index (χ3n) is 1.70. The lowest BCUT2D eigenvalue weighted by atomic mass is 10.3. The molecule has 0 amide bonds. The van der Waals surface area contributed by atoms with Crippen LogP contribution in [0.3, 0.4) is 0 Å². The van der Waals surface area contributed by atoms with Crippen LogP contribution in [0, 0.1) is 0 Å². The molecule has 0 aliphatic carbocycles. The van der Waals surface area contributed by atoms with Crippen LogP contribution >= 0.6 is 11.6 Å². The van der Waals surface area contributed by atoms with Crippen molar-refractivity contribution in [1.29, 1.82) is 0 Å². The van der Waals surface area contributed by atoms with Gasteiger partial charge >= 0.3 is 5.97 Å². The minimum absolute atomic E-state index is 0.00236. The summed E-state index contributed by atoms with van der Waals surface area (Å²) in [6.07, 6.45) is 1.23. The van der Waals surface area contributed by atoms with E-state index in [-0.39, 0.29) is 28.6 Å². The summed E-state index contributed by atoms with van der Waals surface area (Å²) < 4.78 is 9.58. The van der Waals surface area contributed by atoms with Crippen molar-refractivity contribution in [3.8, 4) is 0 Å². The first-order chi connectivity index (χ1) is 7.24. The van der Waals surface area contributed by atoms with Gasteiger partial charge in [-0.2, -0.15) is 4.98 Å². The maximum atomic E-state index is 11.4. The van der Waals surface area contributed by atoms with Crippen molar-refractivity contribution >= 4 is 28.7 Å². The monoisotopic (exact) mass is 227 g/mol. The summed E-state index contributed by atoms with van der Waals surface area (Å²) in [5, 5.41) is 3.93. The molecule has 0 aliphatic heterocycles. The van der Waals surface area contributed by atoms with Gasteiger partial charge in [-0.25, -0.2) is 9.78 Å². The summed E-state index contributed by atoms with van der Waals surface area (Å²) in [6, 6.07) is 0. The summed E-state index contributed by atoms with van der Waals surface area (Å²) in [4.78, 5) is 18.9. The molecule has 2 heterocycles. The number of halogens is 1. The molecule has 15 heavy (non-hydrogen) atoms. The molecule has 0 aliphatic rings. The fraction of sp³-hybridized carbons (Fsp3) is 0.250. The van der Waals surface area contributed by atoms with Gasteiger partial charge in [-0.1, -0.05) is 16.8 Å². The van der Waals surface area contributed by atoms with Gasteiger partial charge in [0.15, 0.2) is 0 Å². The molecular weight excluding hydrogens is 222 g/mol. The van der Waals surface area contributed by atoms with Gasteiger partial charge in [0.2, 0.25) is 5.69 Å². The maximum absolute atomic E-state index is 11.4. The summed E-state index contributed by atoms with van der Waals surface area (Å²) in [7, 11) is 0. The summed E-state index contributed by atoms with van der Waals surface area (Å²) in [6.45, 7) is 1.94. The van der Waals surface area contributed by atoms with Gasteiger partial charge in [0, 0.05) is 0 Å². The Hall–Kier alpha value is -1.69. The van der Waals surface area contributed by atoms with E-state index in [0.29, 0.717) is 0 Å². The lowest BCUT2D eigenvalue weighted by Crippen LogP contribution is -2.05. The number of fused-ring (bicyclic) bond motifs is 1. The zero-order valence-electron chi connectivity index (χ0n) is 7.73. The quantitative estimate of drug-likeness (QED) is 0.571. The number of nitrogens with zero attached hydrogens (tertiary/aromatic N) is 3. The molecule has 7 heteroatoms. The molecule has 0 spiro atoms. The standard InChI is InChI=1S/C8H6ClN3O3/c1-2-14-8(13)5-4-6(9)10-3-11-7(4)15-12-5/h3H,2H2,1H3. The van der Waals surface area contributed by atoms with Gasteiger partial charge in [0.05, 0.1) is 6.61 Å². The number of rotatable bonds is 2. The predicted octanol–water partition coefficient (Wildman–Crippen LogP) is 1.45. The van der Waals surface area contributed by atoms with Crippen LogP contribution < -0.4 is 0 Å².